The molecular weight excluding hydrogens is 316 g/mol. The fraction of sp³-hybridized carbons (Fsp3) is 0.278. The van der Waals surface area contributed by atoms with E-state index in [0.29, 0.717) is 6.54 Å². The van der Waals surface area contributed by atoms with Crippen molar-refractivity contribution in [3.63, 3.8) is 0 Å². The van der Waals surface area contributed by atoms with Gasteiger partial charge in [0.2, 0.25) is 5.91 Å². The number of aromatic nitrogens is 4. The molecule has 2 aromatic heterocycles. The normalized spacial score (nSPS) is 19.9. The molecule has 25 heavy (non-hydrogen) atoms. The number of amides is 1. The summed E-state index contributed by atoms with van der Waals surface area (Å²) in [7, 11) is 1.89. The Labute approximate surface area is 145 Å². The number of nitrogens with zero attached hydrogens (tertiary/aromatic N) is 4. The second-order valence-corrected chi connectivity index (χ2v) is 6.31. The van der Waals surface area contributed by atoms with Crippen LogP contribution in [0.15, 0.2) is 55.1 Å². The van der Waals surface area contributed by atoms with Crippen molar-refractivity contribution in [1.82, 2.24) is 24.9 Å². The van der Waals surface area contributed by atoms with E-state index in [-0.39, 0.29) is 17.7 Å². The third-order valence-electron chi connectivity index (χ3n) is 4.59. The Morgan fingerprint density at radius 3 is 2.96 bits per heavy atom. The zero-order chi connectivity index (χ0) is 17.2. The van der Waals surface area contributed by atoms with Gasteiger partial charge in [0.15, 0.2) is 0 Å². The van der Waals surface area contributed by atoms with Gasteiger partial charge in [-0.3, -0.25) is 9.48 Å². The van der Waals surface area contributed by atoms with Crippen molar-refractivity contribution in [2.45, 2.75) is 5.92 Å². The zero-order valence-corrected chi connectivity index (χ0v) is 14.0. The number of nitrogens with one attached hydrogen (secondary N) is 2. The SMILES string of the molecule is Cn1cc([C@H]2CNC[C@@H]2C(=O)Nc2cccc(-n3cccn3)c2)cn1. The number of carbonyl (C=O) groups is 1. The lowest BCUT2D eigenvalue weighted by Crippen LogP contribution is -2.28. The number of benzene rings is 1. The van der Waals surface area contributed by atoms with E-state index in [4.69, 9.17) is 0 Å². The molecular formula is C18H20N6O. The van der Waals surface area contributed by atoms with Gasteiger partial charge in [0.1, 0.15) is 0 Å². The molecule has 0 spiro atoms. The van der Waals surface area contributed by atoms with Crippen molar-refractivity contribution in [1.29, 1.82) is 0 Å². The summed E-state index contributed by atoms with van der Waals surface area (Å²) in [6.45, 7) is 1.46. The Morgan fingerprint density at radius 1 is 1.28 bits per heavy atom. The highest BCUT2D eigenvalue weighted by molar-refractivity contribution is 5.93. The highest BCUT2D eigenvalue weighted by atomic mass is 16.2. The highest BCUT2D eigenvalue weighted by Crippen LogP contribution is 2.29. The average Bonchev–Trinajstić information content (AvgIpc) is 3.36. The van der Waals surface area contributed by atoms with Crippen molar-refractivity contribution < 1.29 is 4.79 Å². The quantitative estimate of drug-likeness (QED) is 0.758. The minimum atomic E-state index is -0.113. The maximum atomic E-state index is 12.8. The molecule has 4 rings (SSSR count). The Balaban J connectivity index is 1.51. The molecule has 2 atom stereocenters. The van der Waals surface area contributed by atoms with Crippen LogP contribution in [0.25, 0.3) is 5.69 Å². The fourth-order valence-corrected chi connectivity index (χ4v) is 3.32. The Bertz CT molecular complexity index is 869. The topological polar surface area (TPSA) is 76.8 Å². The van der Waals surface area contributed by atoms with E-state index in [1.807, 2.05) is 56.0 Å². The van der Waals surface area contributed by atoms with Gasteiger partial charge in [-0.15, -0.1) is 0 Å². The molecule has 3 heterocycles. The summed E-state index contributed by atoms with van der Waals surface area (Å²) in [5.41, 5.74) is 2.78. The summed E-state index contributed by atoms with van der Waals surface area (Å²) in [5.74, 6) is 0.0528. The van der Waals surface area contributed by atoms with E-state index in [1.165, 1.54) is 0 Å². The molecule has 7 nitrogen and oxygen atoms in total. The van der Waals surface area contributed by atoms with Gasteiger partial charge in [-0.25, -0.2) is 4.68 Å². The zero-order valence-electron chi connectivity index (χ0n) is 14.0. The van der Waals surface area contributed by atoms with Crippen LogP contribution in [0.1, 0.15) is 11.5 Å². The van der Waals surface area contributed by atoms with E-state index < -0.39 is 0 Å². The van der Waals surface area contributed by atoms with Crippen molar-refractivity contribution >= 4 is 11.6 Å². The van der Waals surface area contributed by atoms with E-state index in [2.05, 4.69) is 20.8 Å². The van der Waals surface area contributed by atoms with Crippen molar-refractivity contribution in [3.05, 3.63) is 60.7 Å². The second kappa shape index (κ2) is 6.52. The fourth-order valence-electron chi connectivity index (χ4n) is 3.32. The molecule has 1 aliphatic rings. The van der Waals surface area contributed by atoms with Gasteiger partial charge in [0.05, 0.1) is 17.8 Å². The molecule has 0 bridgehead atoms. The summed E-state index contributed by atoms with van der Waals surface area (Å²) < 4.78 is 3.54. The molecule has 2 N–H and O–H groups in total. The van der Waals surface area contributed by atoms with Gasteiger partial charge in [0.25, 0.3) is 0 Å². The van der Waals surface area contributed by atoms with Crippen LogP contribution < -0.4 is 10.6 Å². The molecule has 0 saturated carbocycles. The monoisotopic (exact) mass is 336 g/mol. The average molecular weight is 336 g/mol. The molecule has 1 amide bonds. The maximum absolute atomic E-state index is 12.8. The minimum absolute atomic E-state index is 0.0245. The summed E-state index contributed by atoms with van der Waals surface area (Å²) in [6.07, 6.45) is 7.43. The van der Waals surface area contributed by atoms with Crippen LogP contribution >= 0.6 is 0 Å². The Hall–Kier alpha value is -2.93. The first kappa shape index (κ1) is 15.6. The Morgan fingerprint density at radius 2 is 2.20 bits per heavy atom. The van der Waals surface area contributed by atoms with Crippen LogP contribution in [0, 0.1) is 5.92 Å². The molecule has 1 fully saturated rings. The van der Waals surface area contributed by atoms with Gasteiger partial charge in [-0.05, 0) is 29.8 Å². The van der Waals surface area contributed by atoms with Crippen LogP contribution in [0.3, 0.4) is 0 Å². The minimum Gasteiger partial charge on any atom is -0.326 e. The molecule has 0 unspecified atom stereocenters. The standard InChI is InChI=1S/C18H20N6O/c1-23-12-13(9-21-23)16-10-19-11-17(16)18(25)22-14-4-2-5-15(8-14)24-7-3-6-20-24/h2-9,12,16-17,19H,10-11H2,1H3,(H,22,25)/t16-,17+/m1/s1. The van der Waals surface area contributed by atoms with Gasteiger partial charge < -0.3 is 10.6 Å². The largest absolute Gasteiger partial charge is 0.326 e. The number of anilines is 1. The molecule has 3 aromatic rings. The summed E-state index contributed by atoms with van der Waals surface area (Å²) in [4.78, 5) is 12.8. The van der Waals surface area contributed by atoms with E-state index in [1.54, 1.807) is 15.6 Å². The number of hydrogen-bond donors (Lipinski definition) is 2. The highest BCUT2D eigenvalue weighted by Gasteiger charge is 2.34. The van der Waals surface area contributed by atoms with Crippen LogP contribution in [0.2, 0.25) is 0 Å². The smallest absolute Gasteiger partial charge is 0.229 e. The lowest BCUT2D eigenvalue weighted by molar-refractivity contribution is -0.119. The molecule has 1 aliphatic heterocycles. The molecule has 0 radical (unpaired) electrons. The number of rotatable bonds is 4. The van der Waals surface area contributed by atoms with E-state index in [0.717, 1.165) is 23.5 Å². The maximum Gasteiger partial charge on any atom is 0.229 e. The van der Waals surface area contributed by atoms with Crippen molar-refractivity contribution in [2.24, 2.45) is 13.0 Å². The van der Waals surface area contributed by atoms with Gasteiger partial charge in [0, 0.05) is 50.3 Å². The molecule has 1 saturated heterocycles. The lowest BCUT2D eigenvalue weighted by Gasteiger charge is -2.17. The van der Waals surface area contributed by atoms with Crippen LogP contribution in [-0.4, -0.2) is 38.6 Å². The Kier molecular flexibility index (Phi) is 4.07. The van der Waals surface area contributed by atoms with Gasteiger partial charge >= 0.3 is 0 Å². The molecule has 1 aromatic carbocycles. The molecule has 0 aliphatic carbocycles. The van der Waals surface area contributed by atoms with Crippen LogP contribution in [0.5, 0.6) is 0 Å². The van der Waals surface area contributed by atoms with Crippen molar-refractivity contribution in [2.75, 3.05) is 18.4 Å². The third-order valence-corrected chi connectivity index (χ3v) is 4.59. The summed E-state index contributed by atoms with van der Waals surface area (Å²) >= 11 is 0. The predicted molar refractivity (Wildman–Crippen MR) is 94.5 cm³/mol. The molecule has 128 valence electrons. The van der Waals surface area contributed by atoms with Crippen LogP contribution in [-0.2, 0) is 11.8 Å². The first-order chi connectivity index (χ1) is 12.2. The number of carbonyl (C=O) groups excluding carboxylic acids is 1. The van der Waals surface area contributed by atoms with Crippen molar-refractivity contribution in [3.8, 4) is 5.69 Å². The van der Waals surface area contributed by atoms with Gasteiger partial charge in [-0.1, -0.05) is 6.07 Å². The third kappa shape index (κ3) is 3.18. The van der Waals surface area contributed by atoms with Gasteiger partial charge in [-0.2, -0.15) is 10.2 Å². The lowest BCUT2D eigenvalue weighted by atomic mass is 9.90. The number of aryl methyl sites for hydroxylation is 1. The van der Waals surface area contributed by atoms with E-state index in [9.17, 15) is 4.79 Å². The summed E-state index contributed by atoms with van der Waals surface area (Å²) in [6, 6.07) is 9.56. The summed E-state index contributed by atoms with van der Waals surface area (Å²) in [5, 5.41) is 14.8. The second-order valence-electron chi connectivity index (χ2n) is 6.31. The van der Waals surface area contributed by atoms with E-state index >= 15 is 0 Å². The number of hydrogen-bond acceptors (Lipinski definition) is 4. The first-order valence-corrected chi connectivity index (χ1v) is 8.31. The predicted octanol–water partition coefficient (Wildman–Crippen LogP) is 1.55. The first-order valence-electron chi connectivity index (χ1n) is 8.31. The molecule has 7 heteroatoms. The van der Waals surface area contributed by atoms with Crippen LogP contribution in [0.4, 0.5) is 5.69 Å².